The fourth-order valence-electron chi connectivity index (χ4n) is 2.75. The van der Waals surface area contributed by atoms with Gasteiger partial charge in [0.05, 0.1) is 23.8 Å². The van der Waals surface area contributed by atoms with Gasteiger partial charge < -0.3 is 0 Å². The molecule has 1 aromatic heterocycles. The quantitative estimate of drug-likeness (QED) is 0.689. The van der Waals surface area contributed by atoms with Crippen molar-refractivity contribution in [1.29, 1.82) is 0 Å². The molecule has 1 heterocycles. The summed E-state index contributed by atoms with van der Waals surface area (Å²) in [6.07, 6.45) is 1.46. The van der Waals surface area contributed by atoms with E-state index in [1.807, 2.05) is 43.3 Å². The number of hydrogen-bond donors (Lipinski definition) is 0. The molecule has 122 valence electrons. The molecule has 4 heteroatoms. The summed E-state index contributed by atoms with van der Waals surface area (Å²) in [5.74, 6) is 0.325. The van der Waals surface area contributed by atoms with Crippen LogP contribution >= 0.6 is 0 Å². The van der Waals surface area contributed by atoms with E-state index in [0.717, 1.165) is 5.56 Å². The zero-order valence-corrected chi connectivity index (χ0v) is 14.1. The standard InChI is InChI=1S/C20H20N2O2/c1-13(2)15-7-9-16(10-8-15)18(23)11-22-12-21-19-14(3)5-4-6-17(19)20(22)24/h4-10,12-13H,11H2,1-3H3. The summed E-state index contributed by atoms with van der Waals surface area (Å²) in [5, 5.41) is 0.542. The van der Waals surface area contributed by atoms with Crippen molar-refractivity contribution in [2.24, 2.45) is 0 Å². The van der Waals surface area contributed by atoms with Crippen LogP contribution in [0.5, 0.6) is 0 Å². The van der Waals surface area contributed by atoms with Crippen LogP contribution in [0.1, 0.15) is 41.3 Å². The normalized spacial score (nSPS) is 11.2. The van der Waals surface area contributed by atoms with E-state index in [2.05, 4.69) is 18.8 Å². The van der Waals surface area contributed by atoms with Crippen LogP contribution in [-0.2, 0) is 6.54 Å². The SMILES string of the molecule is Cc1cccc2c(=O)n(CC(=O)c3ccc(C(C)C)cc3)cnc12. The third-order valence-electron chi connectivity index (χ3n) is 4.27. The lowest BCUT2D eigenvalue weighted by Gasteiger charge is -2.09. The maximum absolute atomic E-state index is 12.6. The van der Waals surface area contributed by atoms with E-state index >= 15 is 0 Å². The highest BCUT2D eigenvalue weighted by molar-refractivity contribution is 5.96. The van der Waals surface area contributed by atoms with Gasteiger partial charge in [-0.1, -0.05) is 50.2 Å². The summed E-state index contributed by atoms with van der Waals surface area (Å²) >= 11 is 0. The minimum absolute atomic E-state index is 0.00323. The smallest absolute Gasteiger partial charge is 0.261 e. The number of benzene rings is 2. The molecular formula is C20H20N2O2. The number of rotatable bonds is 4. The van der Waals surface area contributed by atoms with E-state index < -0.39 is 0 Å². The van der Waals surface area contributed by atoms with E-state index in [1.54, 1.807) is 6.07 Å². The molecule has 0 amide bonds. The number of hydrogen-bond acceptors (Lipinski definition) is 3. The van der Waals surface area contributed by atoms with Crippen LogP contribution in [0.15, 0.2) is 53.6 Å². The number of para-hydroxylation sites is 1. The third kappa shape index (κ3) is 3.00. The lowest BCUT2D eigenvalue weighted by Crippen LogP contribution is -2.24. The van der Waals surface area contributed by atoms with Crippen LogP contribution in [0.4, 0.5) is 0 Å². The van der Waals surface area contributed by atoms with Gasteiger partial charge in [-0.3, -0.25) is 14.2 Å². The molecule has 24 heavy (non-hydrogen) atoms. The Kier molecular flexibility index (Phi) is 4.30. The Hall–Kier alpha value is -2.75. The first-order chi connectivity index (χ1) is 11.5. The second-order valence-electron chi connectivity index (χ2n) is 6.35. The van der Waals surface area contributed by atoms with Gasteiger partial charge in [0, 0.05) is 5.56 Å². The molecule has 0 aliphatic carbocycles. The van der Waals surface area contributed by atoms with Crippen molar-refractivity contribution in [2.45, 2.75) is 33.2 Å². The second-order valence-corrected chi connectivity index (χ2v) is 6.35. The van der Waals surface area contributed by atoms with Gasteiger partial charge in [0.1, 0.15) is 0 Å². The third-order valence-corrected chi connectivity index (χ3v) is 4.27. The topological polar surface area (TPSA) is 52.0 Å². The number of ketones is 1. The minimum atomic E-state index is -0.184. The molecule has 0 atom stereocenters. The summed E-state index contributed by atoms with van der Waals surface area (Å²) < 4.78 is 1.38. The van der Waals surface area contributed by atoms with Crippen molar-refractivity contribution >= 4 is 16.7 Å². The van der Waals surface area contributed by atoms with Crippen molar-refractivity contribution < 1.29 is 4.79 Å². The molecule has 0 saturated carbocycles. The highest BCUT2D eigenvalue weighted by atomic mass is 16.1. The van der Waals surface area contributed by atoms with Crippen LogP contribution in [0.25, 0.3) is 10.9 Å². The molecule has 4 nitrogen and oxygen atoms in total. The number of carbonyl (C=O) groups is 1. The van der Waals surface area contributed by atoms with Gasteiger partial charge in [-0.25, -0.2) is 4.98 Å². The molecule has 0 radical (unpaired) electrons. The number of fused-ring (bicyclic) bond motifs is 1. The van der Waals surface area contributed by atoms with Crippen LogP contribution in [0, 0.1) is 6.92 Å². The summed E-state index contributed by atoms with van der Waals surface area (Å²) in [6, 6.07) is 13.1. The average Bonchev–Trinajstić information content (AvgIpc) is 2.58. The highest BCUT2D eigenvalue weighted by Crippen LogP contribution is 2.15. The van der Waals surface area contributed by atoms with Crippen molar-refractivity contribution in [2.75, 3.05) is 0 Å². The van der Waals surface area contributed by atoms with Gasteiger partial charge in [-0.05, 0) is 30.0 Å². The zero-order valence-electron chi connectivity index (χ0n) is 14.1. The Labute approximate surface area is 140 Å². The monoisotopic (exact) mass is 320 g/mol. The number of Topliss-reactive ketones (excluding diaryl/α,β-unsaturated/α-hetero) is 1. The highest BCUT2D eigenvalue weighted by Gasteiger charge is 2.11. The zero-order chi connectivity index (χ0) is 17.3. The van der Waals surface area contributed by atoms with Gasteiger partial charge in [-0.15, -0.1) is 0 Å². The van der Waals surface area contributed by atoms with Gasteiger partial charge in [-0.2, -0.15) is 0 Å². The molecule has 0 spiro atoms. The maximum Gasteiger partial charge on any atom is 0.261 e. The van der Waals surface area contributed by atoms with Crippen LogP contribution in [0.2, 0.25) is 0 Å². The Bertz CT molecular complexity index is 954. The lowest BCUT2D eigenvalue weighted by atomic mass is 10.0. The van der Waals surface area contributed by atoms with Crippen molar-refractivity contribution in [3.63, 3.8) is 0 Å². The van der Waals surface area contributed by atoms with Crippen molar-refractivity contribution in [1.82, 2.24) is 9.55 Å². The van der Waals surface area contributed by atoms with Crippen molar-refractivity contribution in [3.05, 3.63) is 75.8 Å². The number of aromatic nitrogens is 2. The maximum atomic E-state index is 12.6. The molecule has 0 saturated heterocycles. The fourth-order valence-corrected chi connectivity index (χ4v) is 2.75. The second kappa shape index (κ2) is 6.40. The molecule has 0 bridgehead atoms. The van der Waals surface area contributed by atoms with E-state index in [4.69, 9.17) is 0 Å². The van der Waals surface area contributed by atoms with E-state index in [1.165, 1.54) is 16.5 Å². The van der Waals surface area contributed by atoms with E-state index in [0.29, 0.717) is 22.4 Å². The first kappa shape index (κ1) is 16.1. The number of nitrogens with zero attached hydrogens (tertiary/aromatic N) is 2. The Morgan fingerprint density at radius 2 is 1.83 bits per heavy atom. The summed E-state index contributed by atoms with van der Waals surface area (Å²) in [5.41, 5.74) is 3.25. The van der Waals surface area contributed by atoms with Gasteiger partial charge in [0.25, 0.3) is 5.56 Å². The number of carbonyl (C=O) groups excluding carboxylic acids is 1. The Balaban J connectivity index is 1.91. The minimum Gasteiger partial charge on any atom is -0.292 e. The van der Waals surface area contributed by atoms with Crippen LogP contribution in [0.3, 0.4) is 0 Å². The molecule has 0 aliphatic heterocycles. The van der Waals surface area contributed by atoms with Crippen LogP contribution < -0.4 is 5.56 Å². The van der Waals surface area contributed by atoms with E-state index in [9.17, 15) is 9.59 Å². The average molecular weight is 320 g/mol. The summed E-state index contributed by atoms with van der Waals surface area (Å²) in [4.78, 5) is 29.4. The molecule has 2 aromatic carbocycles. The first-order valence-electron chi connectivity index (χ1n) is 8.05. The molecule has 0 unspecified atom stereocenters. The van der Waals surface area contributed by atoms with Gasteiger partial charge >= 0.3 is 0 Å². The fraction of sp³-hybridized carbons (Fsp3) is 0.250. The summed E-state index contributed by atoms with van der Waals surface area (Å²) in [7, 11) is 0. The predicted molar refractivity (Wildman–Crippen MR) is 95.6 cm³/mol. The van der Waals surface area contributed by atoms with E-state index in [-0.39, 0.29) is 17.9 Å². The Morgan fingerprint density at radius 3 is 2.50 bits per heavy atom. The lowest BCUT2D eigenvalue weighted by molar-refractivity contribution is 0.0970. The largest absolute Gasteiger partial charge is 0.292 e. The molecule has 3 aromatic rings. The van der Waals surface area contributed by atoms with Gasteiger partial charge in [0.2, 0.25) is 0 Å². The van der Waals surface area contributed by atoms with Gasteiger partial charge in [0.15, 0.2) is 5.78 Å². The van der Waals surface area contributed by atoms with Crippen molar-refractivity contribution in [3.8, 4) is 0 Å². The molecule has 0 N–H and O–H groups in total. The molecular weight excluding hydrogens is 300 g/mol. The van der Waals surface area contributed by atoms with Crippen LogP contribution in [-0.4, -0.2) is 15.3 Å². The first-order valence-corrected chi connectivity index (χ1v) is 8.05. The predicted octanol–water partition coefficient (Wildman–Crippen LogP) is 3.71. The summed E-state index contributed by atoms with van der Waals surface area (Å²) in [6.45, 7) is 6.13. The molecule has 3 rings (SSSR count). The Morgan fingerprint density at radius 1 is 1.12 bits per heavy atom. The number of aryl methyl sites for hydroxylation is 1. The molecule has 0 aliphatic rings. The molecule has 0 fully saturated rings.